The predicted octanol–water partition coefficient (Wildman–Crippen LogP) is 4.34. The summed E-state index contributed by atoms with van der Waals surface area (Å²) in [5.74, 6) is -0.0669. The number of likely N-dealkylation sites (tertiary alicyclic amines) is 1. The topological polar surface area (TPSA) is 52.7 Å². The zero-order chi connectivity index (χ0) is 19.3. The lowest BCUT2D eigenvalue weighted by molar-refractivity contribution is -0.126. The van der Waals surface area contributed by atoms with Gasteiger partial charge in [0.05, 0.1) is 6.04 Å². The highest BCUT2D eigenvalue weighted by atomic mass is 35.5. The first kappa shape index (κ1) is 20.8. The van der Waals surface area contributed by atoms with Crippen LogP contribution in [0.2, 0.25) is 10.0 Å². The van der Waals surface area contributed by atoms with E-state index in [2.05, 4.69) is 5.32 Å². The van der Waals surface area contributed by atoms with Crippen LogP contribution >= 0.6 is 23.2 Å². The van der Waals surface area contributed by atoms with Crippen LogP contribution in [-0.4, -0.2) is 47.9 Å². The normalized spacial score (nSPS) is 16.3. The molecule has 1 aromatic carbocycles. The van der Waals surface area contributed by atoms with E-state index in [9.17, 15) is 9.59 Å². The molecule has 1 saturated heterocycles. The Morgan fingerprint density at radius 3 is 2.38 bits per heavy atom. The fourth-order valence-electron chi connectivity index (χ4n) is 3.29. The molecule has 1 unspecified atom stereocenters. The molecule has 26 heavy (non-hydrogen) atoms. The van der Waals surface area contributed by atoms with Crippen LogP contribution in [0.3, 0.4) is 0 Å². The van der Waals surface area contributed by atoms with Crippen molar-refractivity contribution in [2.75, 3.05) is 26.2 Å². The van der Waals surface area contributed by atoms with E-state index >= 15 is 0 Å². The lowest BCUT2D eigenvalue weighted by Gasteiger charge is -2.35. The second-order valence-corrected chi connectivity index (χ2v) is 7.46. The molecule has 0 aliphatic carbocycles. The summed E-state index contributed by atoms with van der Waals surface area (Å²) in [5.41, 5.74) is 0.846. The summed E-state index contributed by atoms with van der Waals surface area (Å²) in [6.45, 7) is 8.50. The summed E-state index contributed by atoms with van der Waals surface area (Å²) >= 11 is 12.1. The van der Waals surface area contributed by atoms with Gasteiger partial charge in [0.15, 0.2) is 0 Å². The molecule has 3 amide bonds. The van der Waals surface area contributed by atoms with Gasteiger partial charge in [-0.2, -0.15) is 0 Å². The molecule has 1 fully saturated rings. The number of hydrogen-bond acceptors (Lipinski definition) is 2. The van der Waals surface area contributed by atoms with E-state index < -0.39 is 0 Å². The number of benzene rings is 1. The van der Waals surface area contributed by atoms with Crippen LogP contribution in [0.5, 0.6) is 0 Å². The van der Waals surface area contributed by atoms with Gasteiger partial charge in [0.25, 0.3) is 0 Å². The van der Waals surface area contributed by atoms with Gasteiger partial charge >= 0.3 is 6.03 Å². The highest BCUT2D eigenvalue weighted by molar-refractivity contribution is 6.35. The monoisotopic (exact) mass is 399 g/mol. The highest BCUT2D eigenvalue weighted by Crippen LogP contribution is 2.27. The fraction of sp³-hybridized carbons (Fsp3) is 0.579. The van der Waals surface area contributed by atoms with E-state index in [1.54, 1.807) is 12.1 Å². The molecule has 0 aromatic heterocycles. The number of hydrogen-bond donors (Lipinski definition) is 1. The highest BCUT2D eigenvalue weighted by Gasteiger charge is 2.29. The maximum Gasteiger partial charge on any atom is 0.319 e. The van der Waals surface area contributed by atoms with E-state index in [-0.39, 0.29) is 23.9 Å². The Morgan fingerprint density at radius 1 is 1.23 bits per heavy atom. The van der Waals surface area contributed by atoms with Crippen molar-refractivity contribution >= 4 is 35.1 Å². The summed E-state index contributed by atoms with van der Waals surface area (Å²) in [7, 11) is 0. The quantitative estimate of drug-likeness (QED) is 0.799. The first-order chi connectivity index (χ1) is 12.4. The third-order valence-corrected chi connectivity index (χ3v) is 5.52. The zero-order valence-corrected chi connectivity index (χ0v) is 17.1. The Kier molecular flexibility index (Phi) is 7.59. The molecule has 2 rings (SSSR count). The van der Waals surface area contributed by atoms with E-state index in [1.807, 2.05) is 36.6 Å². The van der Waals surface area contributed by atoms with Crippen molar-refractivity contribution in [1.29, 1.82) is 0 Å². The molecule has 1 aliphatic heterocycles. The third kappa shape index (κ3) is 5.04. The maximum atomic E-state index is 12.6. The fourth-order valence-corrected chi connectivity index (χ4v) is 3.86. The van der Waals surface area contributed by atoms with E-state index in [4.69, 9.17) is 23.2 Å². The molecule has 144 valence electrons. The van der Waals surface area contributed by atoms with Crippen LogP contribution in [-0.2, 0) is 4.79 Å². The summed E-state index contributed by atoms with van der Waals surface area (Å²) in [5, 5.41) is 4.15. The Morgan fingerprint density at radius 2 is 1.85 bits per heavy atom. The lowest BCUT2D eigenvalue weighted by Crippen LogP contribution is -2.48. The number of nitrogens with zero attached hydrogens (tertiary/aromatic N) is 2. The number of amides is 3. The standard InChI is InChI=1S/C19H27Cl2N3O2/c1-4-23(5-2)19(26)24-10-8-14(9-11-24)18(25)22-13(3)16-7-6-15(20)12-17(16)21/h6-7,12-14H,4-5,8-11H2,1-3H3,(H,22,25). The van der Waals surface area contributed by atoms with Crippen molar-refractivity contribution in [3.63, 3.8) is 0 Å². The van der Waals surface area contributed by atoms with Gasteiger partial charge in [-0.3, -0.25) is 4.79 Å². The molecule has 0 bridgehead atoms. The average molecular weight is 400 g/mol. The summed E-state index contributed by atoms with van der Waals surface area (Å²) < 4.78 is 0. The van der Waals surface area contributed by atoms with Gasteiger partial charge in [-0.25, -0.2) is 4.79 Å². The van der Waals surface area contributed by atoms with Crippen LogP contribution in [0.4, 0.5) is 4.79 Å². The lowest BCUT2D eigenvalue weighted by atomic mass is 9.95. The zero-order valence-electron chi connectivity index (χ0n) is 15.6. The number of rotatable bonds is 5. The number of nitrogens with one attached hydrogen (secondary N) is 1. The van der Waals surface area contributed by atoms with Crippen molar-refractivity contribution in [3.05, 3.63) is 33.8 Å². The molecule has 7 heteroatoms. The second kappa shape index (κ2) is 9.47. The summed E-state index contributed by atoms with van der Waals surface area (Å²) in [6, 6.07) is 5.15. The minimum Gasteiger partial charge on any atom is -0.349 e. The molecule has 5 nitrogen and oxygen atoms in total. The van der Waals surface area contributed by atoms with Crippen LogP contribution < -0.4 is 5.32 Å². The van der Waals surface area contributed by atoms with Crippen LogP contribution in [0.1, 0.15) is 45.2 Å². The van der Waals surface area contributed by atoms with Gasteiger partial charge in [0.2, 0.25) is 5.91 Å². The van der Waals surface area contributed by atoms with Gasteiger partial charge in [-0.15, -0.1) is 0 Å². The first-order valence-electron chi connectivity index (χ1n) is 9.16. The average Bonchev–Trinajstić information content (AvgIpc) is 2.62. The molecule has 1 aromatic rings. The first-order valence-corrected chi connectivity index (χ1v) is 9.92. The molecule has 1 atom stereocenters. The van der Waals surface area contributed by atoms with Gasteiger partial charge in [0.1, 0.15) is 0 Å². The van der Waals surface area contributed by atoms with Gasteiger partial charge in [-0.05, 0) is 51.3 Å². The minimum atomic E-state index is -0.192. The third-order valence-electron chi connectivity index (χ3n) is 4.96. The smallest absolute Gasteiger partial charge is 0.319 e. The minimum absolute atomic E-state index is 0.0125. The maximum absolute atomic E-state index is 12.6. The summed E-state index contributed by atoms with van der Waals surface area (Å²) in [4.78, 5) is 28.6. The van der Waals surface area contributed by atoms with Crippen molar-refractivity contribution < 1.29 is 9.59 Å². The van der Waals surface area contributed by atoms with Crippen LogP contribution in [0, 0.1) is 5.92 Å². The van der Waals surface area contributed by atoms with Crippen molar-refractivity contribution in [1.82, 2.24) is 15.1 Å². The Hall–Kier alpha value is -1.46. The van der Waals surface area contributed by atoms with Crippen LogP contribution in [0.15, 0.2) is 18.2 Å². The molecular formula is C19H27Cl2N3O2. The van der Waals surface area contributed by atoms with Crippen LogP contribution in [0.25, 0.3) is 0 Å². The number of carbonyl (C=O) groups is 2. The molecule has 1 aliphatic rings. The number of urea groups is 1. The Balaban J connectivity index is 1.89. The second-order valence-electron chi connectivity index (χ2n) is 6.61. The number of carbonyl (C=O) groups excluding carboxylic acids is 2. The van der Waals surface area contributed by atoms with E-state index in [0.29, 0.717) is 49.1 Å². The Labute approximate surface area is 165 Å². The van der Waals surface area contributed by atoms with Gasteiger partial charge < -0.3 is 15.1 Å². The van der Waals surface area contributed by atoms with Gasteiger partial charge in [0, 0.05) is 42.1 Å². The van der Waals surface area contributed by atoms with Crippen molar-refractivity contribution in [2.24, 2.45) is 5.92 Å². The molecule has 0 radical (unpaired) electrons. The number of piperidine rings is 1. The number of halogens is 2. The molecule has 0 saturated carbocycles. The van der Waals surface area contributed by atoms with E-state index in [0.717, 1.165) is 5.56 Å². The SMILES string of the molecule is CCN(CC)C(=O)N1CCC(C(=O)NC(C)c2ccc(Cl)cc2Cl)CC1. The summed E-state index contributed by atoms with van der Waals surface area (Å²) in [6.07, 6.45) is 1.36. The van der Waals surface area contributed by atoms with Crippen molar-refractivity contribution in [3.8, 4) is 0 Å². The molecule has 0 spiro atoms. The molecule has 1 N–H and O–H groups in total. The van der Waals surface area contributed by atoms with Gasteiger partial charge in [-0.1, -0.05) is 29.3 Å². The molecular weight excluding hydrogens is 373 g/mol. The van der Waals surface area contributed by atoms with Crippen molar-refractivity contribution in [2.45, 2.75) is 39.7 Å². The van der Waals surface area contributed by atoms with E-state index in [1.165, 1.54) is 0 Å². The Bertz CT molecular complexity index is 642. The molecule has 1 heterocycles. The predicted molar refractivity (Wildman–Crippen MR) is 106 cm³/mol. The largest absolute Gasteiger partial charge is 0.349 e.